The summed E-state index contributed by atoms with van der Waals surface area (Å²) in [5, 5.41) is 12.0. The molecule has 0 unspecified atom stereocenters. The number of amides is 1. The average molecular weight is 265 g/mol. The molecule has 0 aliphatic heterocycles. The maximum absolute atomic E-state index is 12.1. The molecule has 100 valence electrons. The number of carbonyl (C=O) groups is 1. The van der Waals surface area contributed by atoms with Gasteiger partial charge >= 0.3 is 0 Å². The zero-order valence-corrected chi connectivity index (χ0v) is 11.2. The van der Waals surface area contributed by atoms with Crippen molar-refractivity contribution in [3.05, 3.63) is 59.9 Å². The third-order valence-electron chi connectivity index (χ3n) is 3.04. The lowest BCUT2D eigenvalue weighted by Gasteiger charge is -2.11. The first-order valence-corrected chi connectivity index (χ1v) is 6.35. The van der Waals surface area contributed by atoms with Crippen LogP contribution < -0.4 is 5.32 Å². The van der Waals surface area contributed by atoms with Crippen LogP contribution in [0.4, 0.5) is 5.69 Å². The molecule has 1 amide bonds. The maximum Gasteiger partial charge on any atom is 0.242 e. The minimum absolute atomic E-state index is 0.286. The van der Waals surface area contributed by atoms with Gasteiger partial charge in [0, 0.05) is 18.1 Å². The molecule has 0 aliphatic carbocycles. The van der Waals surface area contributed by atoms with Crippen molar-refractivity contribution in [3.63, 3.8) is 0 Å². The van der Waals surface area contributed by atoms with Crippen molar-refractivity contribution in [1.29, 1.82) is 5.26 Å². The summed E-state index contributed by atoms with van der Waals surface area (Å²) in [4.78, 5) is 16.1. The van der Waals surface area contributed by atoms with E-state index in [1.807, 2.05) is 37.3 Å². The SMILES string of the molecule is Cc1ccccc1NC(=O)[C@@H](C#N)Cc1cccnc1. The van der Waals surface area contributed by atoms with Gasteiger partial charge in [-0.3, -0.25) is 9.78 Å². The molecule has 0 bridgehead atoms. The molecule has 4 heteroatoms. The molecule has 1 aromatic heterocycles. The fourth-order valence-corrected chi connectivity index (χ4v) is 1.88. The van der Waals surface area contributed by atoms with Crippen LogP contribution in [0.2, 0.25) is 0 Å². The molecule has 2 aromatic rings. The molecule has 0 fully saturated rings. The van der Waals surface area contributed by atoms with Crippen molar-refractivity contribution in [3.8, 4) is 6.07 Å². The Kier molecular flexibility index (Phi) is 4.46. The van der Waals surface area contributed by atoms with E-state index in [1.165, 1.54) is 0 Å². The first-order chi connectivity index (χ1) is 9.70. The quantitative estimate of drug-likeness (QED) is 0.924. The Morgan fingerprint density at radius 3 is 2.80 bits per heavy atom. The minimum Gasteiger partial charge on any atom is -0.325 e. The molecule has 0 aliphatic rings. The minimum atomic E-state index is -0.723. The highest BCUT2D eigenvalue weighted by Gasteiger charge is 2.19. The fourth-order valence-electron chi connectivity index (χ4n) is 1.88. The van der Waals surface area contributed by atoms with E-state index >= 15 is 0 Å². The van der Waals surface area contributed by atoms with Gasteiger partial charge in [0.05, 0.1) is 6.07 Å². The van der Waals surface area contributed by atoms with Gasteiger partial charge in [-0.2, -0.15) is 5.26 Å². The molecule has 2 rings (SSSR count). The van der Waals surface area contributed by atoms with E-state index in [-0.39, 0.29) is 5.91 Å². The van der Waals surface area contributed by atoms with Gasteiger partial charge < -0.3 is 5.32 Å². The number of carbonyl (C=O) groups excluding carboxylic acids is 1. The summed E-state index contributed by atoms with van der Waals surface area (Å²) < 4.78 is 0. The van der Waals surface area contributed by atoms with E-state index in [4.69, 9.17) is 0 Å². The van der Waals surface area contributed by atoms with Crippen LogP contribution in [0, 0.1) is 24.2 Å². The van der Waals surface area contributed by atoms with Crippen LogP contribution in [0.25, 0.3) is 0 Å². The van der Waals surface area contributed by atoms with Gasteiger partial charge in [-0.05, 0) is 36.6 Å². The van der Waals surface area contributed by atoms with Gasteiger partial charge in [-0.15, -0.1) is 0 Å². The summed E-state index contributed by atoms with van der Waals surface area (Å²) >= 11 is 0. The number of nitrogens with zero attached hydrogens (tertiary/aromatic N) is 2. The summed E-state index contributed by atoms with van der Waals surface area (Å²) in [5.41, 5.74) is 2.59. The van der Waals surface area contributed by atoms with Gasteiger partial charge in [0.15, 0.2) is 0 Å². The zero-order valence-electron chi connectivity index (χ0n) is 11.2. The predicted molar refractivity (Wildman–Crippen MR) is 76.9 cm³/mol. The Morgan fingerprint density at radius 2 is 2.15 bits per heavy atom. The molecular weight excluding hydrogens is 250 g/mol. The van der Waals surface area contributed by atoms with E-state index in [2.05, 4.69) is 16.4 Å². The van der Waals surface area contributed by atoms with Gasteiger partial charge in [-0.1, -0.05) is 24.3 Å². The number of para-hydroxylation sites is 1. The summed E-state index contributed by atoms with van der Waals surface area (Å²) in [6.07, 6.45) is 3.70. The van der Waals surface area contributed by atoms with E-state index in [0.717, 1.165) is 16.8 Å². The van der Waals surface area contributed by atoms with E-state index < -0.39 is 5.92 Å². The third kappa shape index (κ3) is 3.42. The lowest BCUT2D eigenvalue weighted by Crippen LogP contribution is -2.23. The second-order valence-corrected chi connectivity index (χ2v) is 4.55. The van der Waals surface area contributed by atoms with Crippen molar-refractivity contribution in [2.45, 2.75) is 13.3 Å². The second-order valence-electron chi connectivity index (χ2n) is 4.55. The number of rotatable bonds is 4. The van der Waals surface area contributed by atoms with Crippen molar-refractivity contribution in [2.75, 3.05) is 5.32 Å². The monoisotopic (exact) mass is 265 g/mol. The van der Waals surface area contributed by atoms with Crippen LogP contribution in [-0.4, -0.2) is 10.9 Å². The van der Waals surface area contributed by atoms with Crippen molar-refractivity contribution < 1.29 is 4.79 Å². The Balaban J connectivity index is 2.07. The van der Waals surface area contributed by atoms with Gasteiger partial charge in [0.2, 0.25) is 5.91 Å². The molecule has 1 N–H and O–H groups in total. The largest absolute Gasteiger partial charge is 0.325 e. The topological polar surface area (TPSA) is 65.8 Å². The molecule has 1 aromatic carbocycles. The lowest BCUT2D eigenvalue weighted by molar-refractivity contribution is -0.118. The number of hydrogen-bond donors (Lipinski definition) is 1. The first-order valence-electron chi connectivity index (χ1n) is 6.35. The number of pyridine rings is 1. The van der Waals surface area contributed by atoms with Gasteiger partial charge in [0.1, 0.15) is 5.92 Å². The first kappa shape index (κ1) is 13.8. The molecule has 20 heavy (non-hydrogen) atoms. The highest BCUT2D eigenvalue weighted by Crippen LogP contribution is 2.15. The zero-order chi connectivity index (χ0) is 14.4. The maximum atomic E-state index is 12.1. The smallest absolute Gasteiger partial charge is 0.242 e. The lowest BCUT2D eigenvalue weighted by atomic mass is 10.0. The third-order valence-corrected chi connectivity index (χ3v) is 3.04. The van der Waals surface area contributed by atoms with Crippen LogP contribution in [0.3, 0.4) is 0 Å². The van der Waals surface area contributed by atoms with Crippen LogP contribution in [0.5, 0.6) is 0 Å². The molecule has 0 radical (unpaired) electrons. The molecule has 0 spiro atoms. The molecular formula is C16H15N3O. The van der Waals surface area contributed by atoms with Crippen molar-refractivity contribution in [1.82, 2.24) is 4.98 Å². The Hall–Kier alpha value is -2.67. The summed E-state index contributed by atoms with van der Waals surface area (Å²) in [6.45, 7) is 1.91. The normalized spacial score (nSPS) is 11.4. The number of benzene rings is 1. The summed E-state index contributed by atoms with van der Waals surface area (Å²) in [6, 6.07) is 13.2. The van der Waals surface area contributed by atoms with E-state index in [9.17, 15) is 10.1 Å². The highest BCUT2D eigenvalue weighted by molar-refractivity contribution is 5.94. The molecule has 1 atom stereocenters. The summed E-state index contributed by atoms with van der Waals surface area (Å²) in [7, 11) is 0. The standard InChI is InChI=1S/C16H15N3O/c1-12-5-2-3-7-15(12)19-16(20)14(10-17)9-13-6-4-8-18-11-13/h2-8,11,14H,9H2,1H3,(H,19,20)/t14-/m1/s1. The molecule has 1 heterocycles. The molecule has 0 saturated carbocycles. The van der Waals surface area contributed by atoms with Crippen molar-refractivity contribution in [2.24, 2.45) is 5.92 Å². The number of hydrogen-bond acceptors (Lipinski definition) is 3. The number of anilines is 1. The fraction of sp³-hybridized carbons (Fsp3) is 0.188. The Morgan fingerprint density at radius 1 is 1.35 bits per heavy atom. The Bertz CT molecular complexity index is 632. The highest BCUT2D eigenvalue weighted by atomic mass is 16.1. The second kappa shape index (κ2) is 6.48. The van der Waals surface area contributed by atoms with Gasteiger partial charge in [-0.25, -0.2) is 0 Å². The van der Waals surface area contributed by atoms with Crippen LogP contribution in [0.1, 0.15) is 11.1 Å². The molecule has 4 nitrogen and oxygen atoms in total. The van der Waals surface area contributed by atoms with Crippen LogP contribution >= 0.6 is 0 Å². The number of nitriles is 1. The number of aromatic nitrogens is 1. The number of aryl methyl sites for hydroxylation is 1. The van der Waals surface area contributed by atoms with Crippen LogP contribution in [-0.2, 0) is 11.2 Å². The Labute approximate surface area is 118 Å². The predicted octanol–water partition coefficient (Wildman–Crippen LogP) is 2.71. The molecule has 0 saturated heterocycles. The van der Waals surface area contributed by atoms with Crippen LogP contribution in [0.15, 0.2) is 48.8 Å². The van der Waals surface area contributed by atoms with E-state index in [1.54, 1.807) is 18.5 Å². The van der Waals surface area contributed by atoms with Gasteiger partial charge in [0.25, 0.3) is 0 Å². The van der Waals surface area contributed by atoms with E-state index in [0.29, 0.717) is 6.42 Å². The summed E-state index contributed by atoms with van der Waals surface area (Å²) in [5.74, 6) is -1.01. The average Bonchev–Trinajstić information content (AvgIpc) is 2.48. The number of nitrogens with one attached hydrogen (secondary N) is 1. The van der Waals surface area contributed by atoms with Crippen molar-refractivity contribution >= 4 is 11.6 Å².